The van der Waals surface area contributed by atoms with E-state index in [-0.39, 0.29) is 37.2 Å². The second-order valence-electron chi connectivity index (χ2n) is 8.69. The van der Waals surface area contributed by atoms with Crippen LogP contribution < -0.4 is 5.73 Å². The Labute approximate surface area is 152 Å². The molecule has 1 saturated heterocycles. The van der Waals surface area contributed by atoms with Crippen LogP contribution in [0.25, 0.3) is 0 Å². The number of benzene rings is 1. The Kier molecular flexibility index (Phi) is 4.57. The maximum absolute atomic E-state index is 6.46. The van der Waals surface area contributed by atoms with Gasteiger partial charge in [-0.2, -0.15) is 0 Å². The monoisotopic (exact) mass is 349 g/mol. The molecule has 1 heterocycles. The van der Waals surface area contributed by atoms with Crippen LogP contribution in [0.5, 0.6) is 0 Å². The number of halogens is 1. The molecule has 0 radical (unpaired) electrons. The fourth-order valence-corrected chi connectivity index (χ4v) is 5.29. The average Bonchev–Trinajstić information content (AvgIpc) is 2.84. The highest BCUT2D eigenvalue weighted by molar-refractivity contribution is 6.47. The smallest absolute Gasteiger partial charge is 0.404 e. The molecule has 1 aromatic rings. The normalized spacial score (nSPS) is 37.2. The number of hydrogen-bond acceptors (Lipinski definition) is 3. The summed E-state index contributed by atoms with van der Waals surface area (Å²) in [7, 11) is -0.277. The van der Waals surface area contributed by atoms with Crippen molar-refractivity contribution >= 4 is 19.5 Å². The molecule has 0 amide bonds. The molecular weight excluding hydrogens is 320 g/mol. The lowest BCUT2D eigenvalue weighted by molar-refractivity contribution is -0.199. The minimum atomic E-state index is -0.277. The quantitative estimate of drug-likeness (QED) is 0.849. The van der Waals surface area contributed by atoms with Crippen LogP contribution in [0.2, 0.25) is 0 Å². The van der Waals surface area contributed by atoms with Gasteiger partial charge in [0.2, 0.25) is 0 Å². The average molecular weight is 350 g/mol. The van der Waals surface area contributed by atoms with E-state index < -0.39 is 0 Å². The van der Waals surface area contributed by atoms with Gasteiger partial charge in [-0.15, -0.1) is 12.4 Å². The van der Waals surface area contributed by atoms with Crippen molar-refractivity contribution in [2.45, 2.75) is 64.6 Å². The first kappa shape index (κ1) is 18.3. The Morgan fingerprint density at radius 2 is 2.04 bits per heavy atom. The molecule has 132 valence electrons. The first-order valence-corrected chi connectivity index (χ1v) is 8.95. The largest absolute Gasteiger partial charge is 0.475 e. The van der Waals surface area contributed by atoms with E-state index in [1.165, 1.54) is 17.5 Å². The lowest BCUT2D eigenvalue weighted by atomic mass is 9.43. The number of hydrogen-bond donors (Lipinski definition) is 1. The van der Waals surface area contributed by atoms with Gasteiger partial charge < -0.3 is 15.0 Å². The molecule has 1 aromatic carbocycles. The van der Waals surface area contributed by atoms with Gasteiger partial charge in [0, 0.05) is 5.94 Å². The molecule has 3 aliphatic carbocycles. The summed E-state index contributed by atoms with van der Waals surface area (Å²) >= 11 is 0. The summed E-state index contributed by atoms with van der Waals surface area (Å²) in [5.41, 5.74) is 9.20. The van der Waals surface area contributed by atoms with Crippen LogP contribution in [0.15, 0.2) is 24.3 Å². The van der Waals surface area contributed by atoms with Crippen molar-refractivity contribution in [2.24, 2.45) is 23.0 Å². The van der Waals surface area contributed by atoms with Gasteiger partial charge in [0.05, 0.1) is 11.7 Å². The Morgan fingerprint density at radius 1 is 1.29 bits per heavy atom. The van der Waals surface area contributed by atoms with Crippen molar-refractivity contribution in [1.29, 1.82) is 0 Å². The van der Waals surface area contributed by atoms with E-state index in [9.17, 15) is 0 Å². The number of rotatable bonds is 3. The van der Waals surface area contributed by atoms with Crippen LogP contribution in [0.1, 0.15) is 44.7 Å². The van der Waals surface area contributed by atoms with Crippen LogP contribution in [-0.2, 0) is 15.7 Å². The molecule has 4 aliphatic rings. The van der Waals surface area contributed by atoms with Crippen molar-refractivity contribution in [3.05, 3.63) is 35.4 Å². The fourth-order valence-electron chi connectivity index (χ4n) is 5.29. The maximum atomic E-state index is 6.46. The van der Waals surface area contributed by atoms with Crippen LogP contribution in [-0.4, -0.2) is 24.8 Å². The summed E-state index contributed by atoms with van der Waals surface area (Å²) in [5, 5.41) is 0. The van der Waals surface area contributed by atoms with E-state index in [1.54, 1.807) is 0 Å². The van der Waals surface area contributed by atoms with E-state index in [4.69, 9.17) is 15.0 Å². The summed E-state index contributed by atoms with van der Waals surface area (Å²) < 4.78 is 12.7. The molecule has 1 aliphatic heterocycles. The van der Waals surface area contributed by atoms with Gasteiger partial charge in [0.1, 0.15) is 0 Å². The summed E-state index contributed by atoms with van der Waals surface area (Å²) in [5.74, 6) is 1.26. The first-order valence-electron chi connectivity index (χ1n) is 8.95. The lowest BCUT2D eigenvalue weighted by Gasteiger charge is -2.64. The summed E-state index contributed by atoms with van der Waals surface area (Å²) in [6, 6.07) is 8.54. The Bertz CT molecular complexity index is 625. The van der Waals surface area contributed by atoms with E-state index in [0.717, 1.165) is 18.8 Å². The third kappa shape index (κ3) is 2.63. The molecule has 0 spiro atoms. The molecule has 24 heavy (non-hydrogen) atoms. The van der Waals surface area contributed by atoms with Crippen molar-refractivity contribution in [1.82, 2.24) is 0 Å². The zero-order valence-corrected chi connectivity index (χ0v) is 15.9. The molecule has 5 rings (SSSR count). The van der Waals surface area contributed by atoms with E-state index >= 15 is 0 Å². The van der Waals surface area contributed by atoms with Crippen LogP contribution in [0.4, 0.5) is 0 Å². The van der Waals surface area contributed by atoms with Crippen LogP contribution >= 0.6 is 12.4 Å². The SMILES string of the molecule is Cc1cccc(C[C@@H](N)B2O[C@@H]3C[C@@H]4C[C@@H](C4(C)C)[C@]3(C)O2)c1.Cl. The molecule has 0 aromatic heterocycles. The third-order valence-electron chi connectivity index (χ3n) is 6.87. The maximum Gasteiger partial charge on any atom is 0.475 e. The molecule has 5 atom stereocenters. The number of nitrogens with two attached hydrogens (primary N) is 1. The molecule has 5 heteroatoms. The lowest BCUT2D eigenvalue weighted by Crippen LogP contribution is -2.65. The predicted octanol–water partition coefficient (Wildman–Crippen LogP) is 3.55. The van der Waals surface area contributed by atoms with Crippen LogP contribution in [0, 0.1) is 24.2 Å². The molecule has 0 unspecified atom stereocenters. The summed E-state index contributed by atoms with van der Waals surface area (Å²) in [4.78, 5) is 0. The van der Waals surface area contributed by atoms with Crippen LogP contribution in [0.3, 0.4) is 0 Å². The van der Waals surface area contributed by atoms with Gasteiger partial charge in [0.15, 0.2) is 0 Å². The second-order valence-corrected chi connectivity index (χ2v) is 8.69. The minimum absolute atomic E-state index is 0. The standard InChI is InChI=1S/C19H28BNO2.ClH/c1-12-6-5-7-13(8-12)9-17(21)20-22-16-11-14-10-15(18(14,2)3)19(16,4)23-20;/h5-8,14-17H,9-11,21H2,1-4H3;1H/t14-,15-,16+,17+,19-;/m0./s1. The fraction of sp³-hybridized carbons (Fsp3) is 0.684. The molecule has 2 bridgehead atoms. The molecule has 2 N–H and O–H groups in total. The van der Waals surface area contributed by atoms with Crippen molar-refractivity contribution in [3.63, 3.8) is 0 Å². The molecule has 4 fully saturated rings. The Hall–Kier alpha value is -0.545. The van der Waals surface area contributed by atoms with Gasteiger partial charge in [-0.05, 0) is 55.9 Å². The van der Waals surface area contributed by atoms with Gasteiger partial charge in [0.25, 0.3) is 0 Å². The highest BCUT2D eigenvalue weighted by Crippen LogP contribution is 2.65. The van der Waals surface area contributed by atoms with Gasteiger partial charge in [-0.3, -0.25) is 0 Å². The molecular formula is C19H29BClNO2. The van der Waals surface area contributed by atoms with Gasteiger partial charge >= 0.3 is 7.12 Å². The summed E-state index contributed by atoms with van der Waals surface area (Å²) in [6.45, 7) is 9.13. The highest BCUT2D eigenvalue weighted by atomic mass is 35.5. The third-order valence-corrected chi connectivity index (χ3v) is 6.87. The summed E-state index contributed by atoms with van der Waals surface area (Å²) in [6.07, 6.45) is 3.41. The predicted molar refractivity (Wildman–Crippen MR) is 100 cm³/mol. The van der Waals surface area contributed by atoms with Gasteiger partial charge in [-0.25, -0.2) is 0 Å². The van der Waals surface area contributed by atoms with E-state index in [2.05, 4.69) is 52.0 Å². The number of aryl methyl sites for hydroxylation is 1. The minimum Gasteiger partial charge on any atom is -0.404 e. The Balaban J connectivity index is 0.00000169. The van der Waals surface area contributed by atoms with Crippen molar-refractivity contribution in [2.75, 3.05) is 0 Å². The zero-order valence-electron chi connectivity index (χ0n) is 15.1. The topological polar surface area (TPSA) is 44.5 Å². The molecule has 3 saturated carbocycles. The highest BCUT2D eigenvalue weighted by Gasteiger charge is 2.68. The Morgan fingerprint density at radius 3 is 2.71 bits per heavy atom. The van der Waals surface area contributed by atoms with Crippen molar-refractivity contribution in [3.8, 4) is 0 Å². The van der Waals surface area contributed by atoms with Gasteiger partial charge in [-0.1, -0.05) is 43.7 Å². The zero-order chi connectivity index (χ0) is 16.4. The molecule has 3 nitrogen and oxygen atoms in total. The van der Waals surface area contributed by atoms with E-state index in [1.807, 2.05) is 0 Å². The first-order chi connectivity index (χ1) is 10.8. The van der Waals surface area contributed by atoms with E-state index in [0.29, 0.717) is 11.3 Å². The van der Waals surface area contributed by atoms with Crippen molar-refractivity contribution < 1.29 is 9.31 Å². The second kappa shape index (κ2) is 6.01.